The van der Waals surface area contributed by atoms with Crippen molar-refractivity contribution in [3.63, 3.8) is 0 Å². The number of aromatic nitrogens is 2. The monoisotopic (exact) mass is 340 g/mol. The van der Waals surface area contributed by atoms with Crippen molar-refractivity contribution < 1.29 is 4.74 Å². The summed E-state index contributed by atoms with van der Waals surface area (Å²) in [5.41, 5.74) is 2.44. The van der Waals surface area contributed by atoms with Gasteiger partial charge in [0.2, 0.25) is 5.95 Å². The fourth-order valence-electron chi connectivity index (χ4n) is 3.37. The lowest BCUT2D eigenvalue weighted by Gasteiger charge is -2.33. The van der Waals surface area contributed by atoms with Crippen LogP contribution in [0.4, 0.5) is 11.8 Å². The van der Waals surface area contributed by atoms with Crippen molar-refractivity contribution in [3.8, 4) is 0 Å². The lowest BCUT2D eigenvalue weighted by Crippen LogP contribution is -2.35. The maximum Gasteiger partial charge on any atom is 0.224 e. The van der Waals surface area contributed by atoms with Gasteiger partial charge in [-0.1, -0.05) is 30.3 Å². The minimum atomic E-state index is 0.650. The van der Waals surface area contributed by atoms with Crippen molar-refractivity contribution in [2.75, 3.05) is 43.6 Å². The van der Waals surface area contributed by atoms with E-state index in [-0.39, 0.29) is 0 Å². The van der Waals surface area contributed by atoms with Gasteiger partial charge in [-0.3, -0.25) is 0 Å². The molecule has 0 radical (unpaired) electrons. The van der Waals surface area contributed by atoms with Gasteiger partial charge in [0.25, 0.3) is 0 Å². The summed E-state index contributed by atoms with van der Waals surface area (Å²) in [7, 11) is 1.70. The normalized spacial score (nSPS) is 15.4. The van der Waals surface area contributed by atoms with Gasteiger partial charge in [0.1, 0.15) is 5.82 Å². The average Bonchev–Trinajstić information content (AvgIpc) is 2.63. The molecular formula is C20H28N4O. The fraction of sp³-hybridized carbons (Fsp3) is 0.500. The van der Waals surface area contributed by atoms with Crippen LogP contribution in [0.3, 0.4) is 0 Å². The summed E-state index contributed by atoms with van der Waals surface area (Å²) in [5.74, 6) is 2.49. The van der Waals surface area contributed by atoms with Crippen molar-refractivity contribution in [2.24, 2.45) is 5.92 Å². The van der Waals surface area contributed by atoms with E-state index < -0.39 is 0 Å². The van der Waals surface area contributed by atoms with Crippen molar-refractivity contribution in [2.45, 2.75) is 26.2 Å². The molecule has 1 N–H and O–H groups in total. The maximum atomic E-state index is 5.07. The van der Waals surface area contributed by atoms with Crippen molar-refractivity contribution >= 4 is 11.8 Å². The van der Waals surface area contributed by atoms with Gasteiger partial charge in [-0.05, 0) is 37.7 Å². The van der Waals surface area contributed by atoms with E-state index >= 15 is 0 Å². The quantitative estimate of drug-likeness (QED) is 0.784. The zero-order chi connectivity index (χ0) is 17.5. The van der Waals surface area contributed by atoms with E-state index in [2.05, 4.69) is 56.6 Å². The summed E-state index contributed by atoms with van der Waals surface area (Å²) in [6, 6.07) is 12.9. The molecule has 2 aromatic rings. The van der Waals surface area contributed by atoms with E-state index in [1.807, 2.05) is 6.92 Å². The van der Waals surface area contributed by atoms with Crippen LogP contribution in [0.1, 0.15) is 24.1 Å². The first-order valence-electron chi connectivity index (χ1n) is 9.12. The number of piperidine rings is 1. The van der Waals surface area contributed by atoms with Crippen LogP contribution in [-0.4, -0.2) is 43.3 Å². The van der Waals surface area contributed by atoms with Crippen LogP contribution in [0.15, 0.2) is 36.4 Å². The second-order valence-electron chi connectivity index (χ2n) is 6.73. The van der Waals surface area contributed by atoms with Crippen LogP contribution in [0.25, 0.3) is 0 Å². The number of rotatable bonds is 7. The molecule has 1 saturated heterocycles. The Morgan fingerprint density at radius 3 is 2.64 bits per heavy atom. The van der Waals surface area contributed by atoms with Crippen LogP contribution in [0, 0.1) is 12.8 Å². The largest absolute Gasteiger partial charge is 0.383 e. The fourth-order valence-corrected chi connectivity index (χ4v) is 3.37. The Hall–Kier alpha value is -2.14. The van der Waals surface area contributed by atoms with Crippen LogP contribution in [-0.2, 0) is 11.2 Å². The average molecular weight is 340 g/mol. The van der Waals surface area contributed by atoms with Gasteiger partial charge in [0.15, 0.2) is 0 Å². The molecule has 0 bridgehead atoms. The third-order valence-electron chi connectivity index (χ3n) is 4.74. The zero-order valence-corrected chi connectivity index (χ0v) is 15.2. The summed E-state index contributed by atoms with van der Waals surface area (Å²) < 4.78 is 5.07. The summed E-state index contributed by atoms with van der Waals surface area (Å²) in [6.07, 6.45) is 3.61. The Kier molecular flexibility index (Phi) is 6.23. The number of methoxy groups -OCH3 is 1. The summed E-state index contributed by atoms with van der Waals surface area (Å²) >= 11 is 0. The Morgan fingerprint density at radius 1 is 1.16 bits per heavy atom. The van der Waals surface area contributed by atoms with E-state index in [4.69, 9.17) is 4.74 Å². The lowest BCUT2D eigenvalue weighted by molar-refractivity contribution is 0.210. The number of hydrogen-bond acceptors (Lipinski definition) is 5. The first-order valence-corrected chi connectivity index (χ1v) is 9.12. The number of benzene rings is 1. The van der Waals surface area contributed by atoms with Gasteiger partial charge in [-0.25, -0.2) is 4.98 Å². The van der Waals surface area contributed by atoms with E-state index in [0.717, 1.165) is 37.1 Å². The number of aryl methyl sites for hydroxylation is 1. The third-order valence-corrected chi connectivity index (χ3v) is 4.74. The van der Waals surface area contributed by atoms with E-state index in [1.165, 1.54) is 24.8 Å². The van der Waals surface area contributed by atoms with Gasteiger partial charge in [-0.2, -0.15) is 4.98 Å². The molecule has 134 valence electrons. The molecule has 1 aliphatic heterocycles. The van der Waals surface area contributed by atoms with E-state index in [1.54, 1.807) is 7.11 Å². The van der Waals surface area contributed by atoms with Gasteiger partial charge >= 0.3 is 0 Å². The minimum absolute atomic E-state index is 0.650. The molecule has 0 spiro atoms. The number of nitrogens with one attached hydrogen (secondary N) is 1. The molecule has 1 fully saturated rings. The first-order chi connectivity index (χ1) is 12.2. The molecule has 0 saturated carbocycles. The molecular weight excluding hydrogens is 312 g/mol. The predicted molar refractivity (Wildman–Crippen MR) is 102 cm³/mol. The number of anilines is 2. The number of ether oxygens (including phenoxy) is 1. The van der Waals surface area contributed by atoms with Crippen LogP contribution < -0.4 is 10.2 Å². The molecule has 5 nitrogen and oxygen atoms in total. The molecule has 0 aliphatic carbocycles. The summed E-state index contributed by atoms with van der Waals surface area (Å²) in [4.78, 5) is 11.5. The first kappa shape index (κ1) is 17.7. The second kappa shape index (κ2) is 8.81. The highest BCUT2D eigenvalue weighted by molar-refractivity contribution is 5.45. The van der Waals surface area contributed by atoms with E-state index in [0.29, 0.717) is 12.6 Å². The van der Waals surface area contributed by atoms with Crippen LogP contribution in [0.5, 0.6) is 0 Å². The SMILES string of the molecule is COCCNc1nc(C)cc(N2CCC(Cc3ccccc3)CC2)n1. The Balaban J connectivity index is 1.57. The Bertz CT molecular complexity index is 654. The van der Waals surface area contributed by atoms with Crippen LogP contribution in [0.2, 0.25) is 0 Å². The standard InChI is InChI=1S/C20H28N4O/c1-16-14-19(23-20(22-16)21-10-13-25-2)24-11-8-18(9-12-24)15-17-6-4-3-5-7-17/h3-7,14,18H,8-13,15H2,1-2H3,(H,21,22,23). The van der Waals surface area contributed by atoms with Crippen LogP contribution >= 0.6 is 0 Å². The number of nitrogens with zero attached hydrogens (tertiary/aromatic N) is 3. The van der Waals surface area contributed by atoms with E-state index in [9.17, 15) is 0 Å². The molecule has 25 heavy (non-hydrogen) atoms. The highest BCUT2D eigenvalue weighted by Gasteiger charge is 2.21. The molecule has 3 rings (SSSR count). The molecule has 1 aliphatic rings. The summed E-state index contributed by atoms with van der Waals surface area (Å²) in [5, 5.41) is 3.23. The molecule has 1 aromatic carbocycles. The molecule has 1 aromatic heterocycles. The third kappa shape index (κ3) is 5.16. The Morgan fingerprint density at radius 2 is 1.92 bits per heavy atom. The topological polar surface area (TPSA) is 50.3 Å². The minimum Gasteiger partial charge on any atom is -0.383 e. The Labute approximate surface area is 150 Å². The molecule has 2 heterocycles. The molecule has 5 heteroatoms. The van der Waals surface area contributed by atoms with Crippen molar-refractivity contribution in [1.82, 2.24) is 9.97 Å². The van der Waals surface area contributed by atoms with Gasteiger partial charge in [-0.15, -0.1) is 0 Å². The lowest BCUT2D eigenvalue weighted by atomic mass is 9.90. The highest BCUT2D eigenvalue weighted by Crippen LogP contribution is 2.25. The molecule has 0 atom stereocenters. The molecule has 0 amide bonds. The smallest absolute Gasteiger partial charge is 0.224 e. The van der Waals surface area contributed by atoms with Crippen molar-refractivity contribution in [3.05, 3.63) is 47.7 Å². The second-order valence-corrected chi connectivity index (χ2v) is 6.73. The van der Waals surface area contributed by atoms with Crippen molar-refractivity contribution in [1.29, 1.82) is 0 Å². The van der Waals surface area contributed by atoms with Gasteiger partial charge in [0.05, 0.1) is 6.61 Å². The summed E-state index contributed by atoms with van der Waals surface area (Å²) in [6.45, 7) is 5.52. The van der Waals surface area contributed by atoms with Gasteiger partial charge < -0.3 is 15.0 Å². The highest BCUT2D eigenvalue weighted by atomic mass is 16.5. The predicted octanol–water partition coefficient (Wildman–Crippen LogP) is 3.30. The zero-order valence-electron chi connectivity index (χ0n) is 15.2. The van der Waals surface area contributed by atoms with Gasteiger partial charge in [0, 0.05) is 38.5 Å². The molecule has 0 unspecified atom stereocenters. The number of hydrogen-bond donors (Lipinski definition) is 1. The maximum absolute atomic E-state index is 5.07.